The first kappa shape index (κ1) is 19.4. The molecule has 2 aromatic rings. The van der Waals surface area contributed by atoms with Gasteiger partial charge in [-0.2, -0.15) is 0 Å². The van der Waals surface area contributed by atoms with Crippen LogP contribution in [0.3, 0.4) is 0 Å². The second kappa shape index (κ2) is 10.1. The Morgan fingerprint density at radius 3 is 2.04 bits per heavy atom. The summed E-state index contributed by atoms with van der Waals surface area (Å²) in [4.78, 5) is 35.6. The van der Waals surface area contributed by atoms with Crippen molar-refractivity contribution in [3.63, 3.8) is 0 Å². The highest BCUT2D eigenvalue weighted by atomic mass is 16.2. The van der Waals surface area contributed by atoms with Gasteiger partial charge in [-0.25, -0.2) is 0 Å². The third-order valence-corrected chi connectivity index (χ3v) is 3.93. The van der Waals surface area contributed by atoms with Crippen LogP contribution in [0.1, 0.15) is 34.3 Å². The van der Waals surface area contributed by atoms with Crippen LogP contribution in [0.2, 0.25) is 0 Å². The lowest BCUT2D eigenvalue weighted by atomic mass is 10.1. The van der Waals surface area contributed by atoms with Gasteiger partial charge in [0.25, 0.3) is 0 Å². The van der Waals surface area contributed by atoms with Crippen LogP contribution in [0, 0.1) is 6.92 Å². The molecule has 2 rings (SSSR count). The normalized spacial score (nSPS) is 10.2. The van der Waals surface area contributed by atoms with Crippen LogP contribution in [0.4, 0.5) is 0 Å². The predicted octanol–water partition coefficient (Wildman–Crippen LogP) is 2.43. The van der Waals surface area contributed by atoms with E-state index in [0.717, 1.165) is 11.1 Å². The van der Waals surface area contributed by atoms with Gasteiger partial charge in [0.05, 0.1) is 6.42 Å². The number of amides is 2. The van der Waals surface area contributed by atoms with Gasteiger partial charge in [-0.3, -0.25) is 14.4 Å². The fourth-order valence-corrected chi connectivity index (χ4v) is 2.45. The highest BCUT2D eigenvalue weighted by Gasteiger charge is 2.09. The van der Waals surface area contributed by atoms with Gasteiger partial charge in [0.2, 0.25) is 11.8 Å². The highest BCUT2D eigenvalue weighted by Crippen LogP contribution is 2.07. The molecule has 0 spiro atoms. The number of benzene rings is 2. The number of carbonyl (C=O) groups is 3. The highest BCUT2D eigenvalue weighted by molar-refractivity contribution is 5.97. The van der Waals surface area contributed by atoms with Crippen molar-refractivity contribution in [3.8, 4) is 0 Å². The zero-order chi connectivity index (χ0) is 18.8. The van der Waals surface area contributed by atoms with Gasteiger partial charge in [0.15, 0.2) is 5.78 Å². The largest absolute Gasteiger partial charge is 0.354 e. The smallest absolute Gasteiger partial charge is 0.224 e. The average Bonchev–Trinajstić information content (AvgIpc) is 2.64. The van der Waals surface area contributed by atoms with Gasteiger partial charge in [-0.1, -0.05) is 60.2 Å². The third kappa shape index (κ3) is 6.89. The van der Waals surface area contributed by atoms with Gasteiger partial charge in [-0.05, 0) is 12.5 Å². The molecule has 5 heteroatoms. The summed E-state index contributed by atoms with van der Waals surface area (Å²) < 4.78 is 0. The molecule has 0 unspecified atom stereocenters. The Balaban J connectivity index is 1.59. The minimum Gasteiger partial charge on any atom is -0.354 e. The van der Waals surface area contributed by atoms with Gasteiger partial charge in [0.1, 0.15) is 0 Å². The van der Waals surface area contributed by atoms with E-state index in [9.17, 15) is 14.4 Å². The standard InChI is InChI=1S/C21H24N2O3/c1-16-7-9-18(10-8-16)19(24)11-12-20(25)22-13-14-23-21(26)15-17-5-3-2-4-6-17/h2-10H,11-15H2,1H3,(H,22,25)(H,23,26). The van der Waals surface area contributed by atoms with Crippen LogP contribution >= 0.6 is 0 Å². The van der Waals surface area contributed by atoms with Crippen LogP contribution in [0.5, 0.6) is 0 Å². The summed E-state index contributed by atoms with van der Waals surface area (Å²) in [6, 6.07) is 16.8. The maximum atomic E-state index is 12.0. The Hall–Kier alpha value is -2.95. The van der Waals surface area contributed by atoms with Crippen LogP contribution in [0.25, 0.3) is 0 Å². The van der Waals surface area contributed by atoms with Crippen molar-refractivity contribution in [3.05, 3.63) is 71.3 Å². The molecular weight excluding hydrogens is 328 g/mol. The molecule has 0 aromatic heterocycles. The Kier molecular flexibility index (Phi) is 7.55. The van der Waals surface area contributed by atoms with Crippen LogP contribution in [0.15, 0.2) is 54.6 Å². The van der Waals surface area contributed by atoms with E-state index < -0.39 is 0 Å². The molecule has 2 aromatic carbocycles. The summed E-state index contributed by atoms with van der Waals surface area (Å²) in [5.41, 5.74) is 2.66. The van der Waals surface area contributed by atoms with Gasteiger partial charge in [-0.15, -0.1) is 0 Å². The molecule has 0 heterocycles. The predicted molar refractivity (Wildman–Crippen MR) is 101 cm³/mol. The molecular formula is C21H24N2O3. The lowest BCUT2D eigenvalue weighted by Gasteiger charge is -2.07. The number of Topliss-reactive ketones (excluding diaryl/α,β-unsaturated/α-hetero) is 1. The molecule has 0 aliphatic rings. The number of hydrogen-bond acceptors (Lipinski definition) is 3. The molecule has 0 fully saturated rings. The van der Waals surface area contributed by atoms with Crippen LogP contribution in [-0.4, -0.2) is 30.7 Å². The molecule has 0 aliphatic carbocycles. The number of nitrogens with one attached hydrogen (secondary N) is 2. The lowest BCUT2D eigenvalue weighted by Crippen LogP contribution is -2.35. The van der Waals surface area contributed by atoms with E-state index in [2.05, 4.69) is 10.6 Å². The van der Waals surface area contributed by atoms with E-state index in [1.165, 1.54) is 0 Å². The molecule has 136 valence electrons. The average molecular weight is 352 g/mol. The Bertz CT molecular complexity index is 740. The summed E-state index contributed by atoms with van der Waals surface area (Å²) in [6.45, 7) is 2.67. The van der Waals surface area contributed by atoms with Crippen molar-refractivity contribution in [1.82, 2.24) is 10.6 Å². The van der Waals surface area contributed by atoms with E-state index in [1.807, 2.05) is 49.4 Å². The summed E-state index contributed by atoms with van der Waals surface area (Å²) in [5.74, 6) is -0.320. The van der Waals surface area contributed by atoms with Crippen LogP contribution in [-0.2, 0) is 16.0 Å². The lowest BCUT2D eigenvalue weighted by molar-refractivity contribution is -0.122. The van der Waals surface area contributed by atoms with E-state index in [4.69, 9.17) is 0 Å². The first-order valence-corrected chi connectivity index (χ1v) is 8.72. The molecule has 5 nitrogen and oxygen atoms in total. The van der Waals surface area contributed by atoms with Crippen molar-refractivity contribution >= 4 is 17.6 Å². The van der Waals surface area contributed by atoms with Gasteiger partial charge in [0, 0.05) is 31.5 Å². The summed E-state index contributed by atoms with van der Waals surface area (Å²) in [5, 5.41) is 5.47. The topological polar surface area (TPSA) is 75.3 Å². The van der Waals surface area contributed by atoms with Crippen molar-refractivity contribution < 1.29 is 14.4 Å². The van der Waals surface area contributed by atoms with Gasteiger partial charge >= 0.3 is 0 Å². The molecule has 2 amide bonds. The van der Waals surface area contributed by atoms with Crippen molar-refractivity contribution in [2.24, 2.45) is 0 Å². The summed E-state index contributed by atoms with van der Waals surface area (Å²) in [6.07, 6.45) is 0.639. The molecule has 2 N–H and O–H groups in total. The Morgan fingerprint density at radius 1 is 0.769 bits per heavy atom. The number of ketones is 1. The summed E-state index contributed by atoms with van der Waals surface area (Å²) >= 11 is 0. The molecule has 0 saturated carbocycles. The van der Waals surface area contributed by atoms with E-state index in [0.29, 0.717) is 25.1 Å². The Labute approximate surface area is 153 Å². The minimum absolute atomic E-state index is 0.0451. The molecule has 0 bridgehead atoms. The van der Waals surface area contributed by atoms with E-state index in [1.54, 1.807) is 12.1 Å². The Morgan fingerprint density at radius 2 is 1.38 bits per heavy atom. The first-order chi connectivity index (χ1) is 12.5. The molecule has 26 heavy (non-hydrogen) atoms. The second-order valence-corrected chi connectivity index (χ2v) is 6.15. The number of rotatable bonds is 9. The van der Waals surface area contributed by atoms with Crippen molar-refractivity contribution in [1.29, 1.82) is 0 Å². The number of hydrogen-bond donors (Lipinski definition) is 2. The SMILES string of the molecule is Cc1ccc(C(=O)CCC(=O)NCCNC(=O)Cc2ccccc2)cc1. The van der Waals surface area contributed by atoms with Gasteiger partial charge < -0.3 is 10.6 Å². The third-order valence-electron chi connectivity index (χ3n) is 3.93. The second-order valence-electron chi connectivity index (χ2n) is 6.15. The van der Waals surface area contributed by atoms with Crippen molar-refractivity contribution in [2.75, 3.05) is 13.1 Å². The van der Waals surface area contributed by atoms with E-state index in [-0.39, 0.29) is 30.4 Å². The summed E-state index contributed by atoms with van der Waals surface area (Å²) in [7, 11) is 0. The quantitative estimate of drug-likeness (QED) is 0.538. The van der Waals surface area contributed by atoms with Crippen LogP contribution < -0.4 is 10.6 Å². The number of carbonyl (C=O) groups excluding carboxylic acids is 3. The minimum atomic E-state index is -0.192. The maximum absolute atomic E-state index is 12.0. The fraction of sp³-hybridized carbons (Fsp3) is 0.286. The molecule has 0 saturated heterocycles. The van der Waals surface area contributed by atoms with Crippen molar-refractivity contribution in [2.45, 2.75) is 26.2 Å². The first-order valence-electron chi connectivity index (χ1n) is 8.72. The molecule has 0 atom stereocenters. The number of aryl methyl sites for hydroxylation is 1. The van der Waals surface area contributed by atoms with E-state index >= 15 is 0 Å². The zero-order valence-corrected chi connectivity index (χ0v) is 15.0. The fourth-order valence-electron chi connectivity index (χ4n) is 2.45. The maximum Gasteiger partial charge on any atom is 0.224 e. The molecule has 0 aliphatic heterocycles. The monoisotopic (exact) mass is 352 g/mol. The molecule has 0 radical (unpaired) electrons. The zero-order valence-electron chi connectivity index (χ0n) is 15.0.